The van der Waals surface area contributed by atoms with Crippen LogP contribution in [0.1, 0.15) is 18.1 Å². The molecule has 0 aliphatic carbocycles. The summed E-state index contributed by atoms with van der Waals surface area (Å²) in [5.74, 6) is 1.70. The van der Waals surface area contributed by atoms with E-state index in [0.717, 1.165) is 29.4 Å². The first kappa shape index (κ1) is 21.5. The van der Waals surface area contributed by atoms with Gasteiger partial charge < -0.3 is 19.7 Å². The zero-order chi connectivity index (χ0) is 17.7. The molecule has 2 unspecified atom stereocenters. The molecule has 1 N–H and O–H groups in total. The van der Waals surface area contributed by atoms with Gasteiger partial charge in [-0.2, -0.15) is 0 Å². The monoisotopic (exact) mass is 461 g/mol. The Labute approximate surface area is 167 Å². The van der Waals surface area contributed by atoms with Crippen molar-refractivity contribution in [2.75, 3.05) is 34.4 Å². The predicted molar refractivity (Wildman–Crippen MR) is 110 cm³/mol. The van der Waals surface area contributed by atoms with Crippen LogP contribution in [0.3, 0.4) is 0 Å². The molecule has 1 heterocycles. The highest BCUT2D eigenvalue weighted by atomic mass is 127. The van der Waals surface area contributed by atoms with Crippen LogP contribution < -0.4 is 10.1 Å². The van der Waals surface area contributed by atoms with Gasteiger partial charge in [0.1, 0.15) is 5.75 Å². The van der Waals surface area contributed by atoms with Crippen molar-refractivity contribution < 1.29 is 14.3 Å². The summed E-state index contributed by atoms with van der Waals surface area (Å²) >= 11 is 0. The number of carbonyl (C=O) groups excluding carboxylic acids is 1. The molecule has 140 valence electrons. The van der Waals surface area contributed by atoms with E-state index in [1.807, 2.05) is 19.1 Å². The summed E-state index contributed by atoms with van der Waals surface area (Å²) in [7, 11) is 4.88. The van der Waals surface area contributed by atoms with Crippen molar-refractivity contribution >= 4 is 35.9 Å². The van der Waals surface area contributed by atoms with Crippen molar-refractivity contribution in [3.63, 3.8) is 0 Å². The predicted octanol–water partition coefficient (Wildman–Crippen LogP) is 2.44. The van der Waals surface area contributed by atoms with Crippen molar-refractivity contribution in [2.24, 2.45) is 16.8 Å². The largest absolute Gasteiger partial charge is 0.496 e. The lowest BCUT2D eigenvalue weighted by atomic mass is 9.99. The van der Waals surface area contributed by atoms with E-state index in [2.05, 4.69) is 28.2 Å². The number of benzene rings is 1. The van der Waals surface area contributed by atoms with E-state index in [-0.39, 0.29) is 41.8 Å². The molecule has 1 fully saturated rings. The fourth-order valence-electron chi connectivity index (χ4n) is 3.16. The second kappa shape index (κ2) is 9.84. The number of halogens is 1. The quantitative estimate of drug-likeness (QED) is 0.323. The van der Waals surface area contributed by atoms with Gasteiger partial charge in [-0.15, -0.1) is 24.0 Å². The lowest BCUT2D eigenvalue weighted by Crippen LogP contribution is -2.40. The first-order chi connectivity index (χ1) is 11.5. The minimum Gasteiger partial charge on any atom is -0.496 e. The summed E-state index contributed by atoms with van der Waals surface area (Å²) in [6.07, 6.45) is 0. The van der Waals surface area contributed by atoms with Gasteiger partial charge in [0.25, 0.3) is 0 Å². The average Bonchev–Trinajstić information content (AvgIpc) is 2.96. The number of aryl methyl sites for hydroxylation is 1. The van der Waals surface area contributed by atoms with Crippen LogP contribution in [0, 0.1) is 18.8 Å². The summed E-state index contributed by atoms with van der Waals surface area (Å²) in [6.45, 7) is 6.20. The number of guanidine groups is 1. The van der Waals surface area contributed by atoms with Gasteiger partial charge in [0, 0.05) is 26.7 Å². The highest BCUT2D eigenvalue weighted by Crippen LogP contribution is 2.24. The van der Waals surface area contributed by atoms with Crippen LogP contribution in [-0.2, 0) is 16.1 Å². The van der Waals surface area contributed by atoms with Crippen LogP contribution in [0.15, 0.2) is 23.2 Å². The second-order valence-electron chi connectivity index (χ2n) is 6.22. The standard InChI is InChI=1S/C18H27N3O3.HI/c1-12-8-14(6-7-16(12)23-4)9-20-18(19-3)21-10-13(2)15(11-21)17(22)24-5;/h6-8,13,15H,9-11H2,1-5H3,(H,19,20);1H. The van der Waals surface area contributed by atoms with Crippen molar-refractivity contribution in [1.82, 2.24) is 10.2 Å². The Kier molecular flexibility index (Phi) is 8.47. The van der Waals surface area contributed by atoms with Crippen LogP contribution in [-0.4, -0.2) is 51.2 Å². The Morgan fingerprint density at radius 2 is 2.08 bits per heavy atom. The number of likely N-dealkylation sites (tertiary alicyclic amines) is 1. The second-order valence-corrected chi connectivity index (χ2v) is 6.22. The molecule has 0 spiro atoms. The molecule has 0 aromatic heterocycles. The summed E-state index contributed by atoms with van der Waals surface area (Å²) < 4.78 is 10.2. The number of carbonyl (C=O) groups is 1. The van der Waals surface area contributed by atoms with Gasteiger partial charge in [0.05, 0.1) is 20.1 Å². The smallest absolute Gasteiger partial charge is 0.310 e. The topological polar surface area (TPSA) is 63.2 Å². The van der Waals surface area contributed by atoms with Gasteiger partial charge in [0.2, 0.25) is 0 Å². The van der Waals surface area contributed by atoms with Crippen molar-refractivity contribution in [3.05, 3.63) is 29.3 Å². The molecule has 25 heavy (non-hydrogen) atoms. The van der Waals surface area contributed by atoms with E-state index in [1.54, 1.807) is 14.2 Å². The lowest BCUT2D eigenvalue weighted by molar-refractivity contribution is -0.145. The normalized spacial score (nSPS) is 20.0. The van der Waals surface area contributed by atoms with Gasteiger partial charge in [-0.25, -0.2) is 0 Å². The minimum absolute atomic E-state index is 0. The van der Waals surface area contributed by atoms with E-state index >= 15 is 0 Å². The van der Waals surface area contributed by atoms with Crippen LogP contribution in [0.5, 0.6) is 5.75 Å². The van der Waals surface area contributed by atoms with E-state index in [0.29, 0.717) is 13.1 Å². The van der Waals surface area contributed by atoms with Gasteiger partial charge in [-0.3, -0.25) is 9.79 Å². The summed E-state index contributed by atoms with van der Waals surface area (Å²) in [4.78, 5) is 18.3. The number of nitrogens with zero attached hydrogens (tertiary/aromatic N) is 2. The van der Waals surface area contributed by atoms with Crippen molar-refractivity contribution in [1.29, 1.82) is 0 Å². The number of ether oxygens (including phenoxy) is 2. The minimum atomic E-state index is -0.147. The Morgan fingerprint density at radius 3 is 2.64 bits per heavy atom. The third kappa shape index (κ3) is 5.23. The number of esters is 1. The van der Waals surface area contributed by atoms with Gasteiger partial charge in [-0.1, -0.05) is 19.1 Å². The Bertz CT molecular complexity index is 622. The molecule has 0 radical (unpaired) electrons. The van der Waals surface area contributed by atoms with Crippen LogP contribution in [0.25, 0.3) is 0 Å². The molecule has 1 aromatic carbocycles. The summed E-state index contributed by atoms with van der Waals surface area (Å²) in [5, 5.41) is 3.37. The highest BCUT2D eigenvalue weighted by Gasteiger charge is 2.36. The molecule has 2 atom stereocenters. The van der Waals surface area contributed by atoms with E-state index in [4.69, 9.17) is 9.47 Å². The first-order valence-electron chi connectivity index (χ1n) is 8.17. The number of aliphatic imine (C=N–C) groups is 1. The van der Waals surface area contributed by atoms with Crippen molar-refractivity contribution in [2.45, 2.75) is 20.4 Å². The SMILES string of the molecule is CN=C(NCc1ccc(OC)c(C)c1)N1CC(C)C(C(=O)OC)C1.I. The maximum absolute atomic E-state index is 11.8. The molecule has 1 aliphatic heterocycles. The molecular weight excluding hydrogens is 433 g/mol. The first-order valence-corrected chi connectivity index (χ1v) is 8.17. The molecule has 0 bridgehead atoms. The summed E-state index contributed by atoms with van der Waals surface area (Å²) in [5.41, 5.74) is 2.26. The Morgan fingerprint density at radius 1 is 1.36 bits per heavy atom. The van der Waals surface area contributed by atoms with Crippen LogP contribution in [0.2, 0.25) is 0 Å². The van der Waals surface area contributed by atoms with E-state index in [9.17, 15) is 4.79 Å². The zero-order valence-corrected chi connectivity index (χ0v) is 17.9. The van der Waals surface area contributed by atoms with Gasteiger partial charge in [-0.05, 0) is 30.0 Å². The van der Waals surface area contributed by atoms with Gasteiger partial charge in [0.15, 0.2) is 5.96 Å². The van der Waals surface area contributed by atoms with Crippen molar-refractivity contribution in [3.8, 4) is 5.75 Å². The molecule has 1 aromatic rings. The van der Waals surface area contributed by atoms with Crippen LogP contribution in [0.4, 0.5) is 0 Å². The lowest BCUT2D eigenvalue weighted by Gasteiger charge is -2.21. The molecule has 0 saturated carbocycles. The fourth-order valence-corrected chi connectivity index (χ4v) is 3.16. The highest BCUT2D eigenvalue weighted by molar-refractivity contribution is 14.0. The third-order valence-electron chi connectivity index (χ3n) is 4.54. The average molecular weight is 461 g/mol. The molecule has 0 amide bonds. The molecule has 1 saturated heterocycles. The number of nitrogens with one attached hydrogen (secondary N) is 1. The van der Waals surface area contributed by atoms with E-state index in [1.165, 1.54) is 7.11 Å². The summed E-state index contributed by atoms with van der Waals surface area (Å²) in [6, 6.07) is 6.11. The van der Waals surface area contributed by atoms with Gasteiger partial charge >= 0.3 is 5.97 Å². The maximum Gasteiger partial charge on any atom is 0.310 e. The Balaban J connectivity index is 0.00000312. The molecule has 6 nitrogen and oxygen atoms in total. The van der Waals surface area contributed by atoms with E-state index < -0.39 is 0 Å². The number of methoxy groups -OCH3 is 2. The number of hydrogen-bond donors (Lipinski definition) is 1. The maximum atomic E-state index is 11.8. The zero-order valence-electron chi connectivity index (χ0n) is 15.5. The molecular formula is C18H28IN3O3. The fraction of sp³-hybridized carbons (Fsp3) is 0.556. The molecule has 1 aliphatic rings. The molecule has 2 rings (SSSR count). The Hall–Kier alpha value is -1.51. The number of hydrogen-bond acceptors (Lipinski definition) is 4. The number of rotatable bonds is 4. The third-order valence-corrected chi connectivity index (χ3v) is 4.54. The molecule has 7 heteroatoms. The van der Waals surface area contributed by atoms with Crippen LogP contribution >= 0.6 is 24.0 Å².